The number of carbonyl (C=O) groups excluding carboxylic acids is 1. The van der Waals surface area contributed by atoms with Crippen LogP contribution in [-0.2, 0) is 0 Å². The molecule has 2 aromatic carbocycles. The Bertz CT molecular complexity index is 713. The van der Waals surface area contributed by atoms with Gasteiger partial charge in [0.15, 0.2) is 0 Å². The number of nitrogens with zero attached hydrogens (tertiary/aromatic N) is 1. The predicted molar refractivity (Wildman–Crippen MR) is 102 cm³/mol. The molecule has 2 aliphatic heterocycles. The molecule has 2 heterocycles. The first-order valence-electron chi connectivity index (χ1n) is 9.45. The van der Waals surface area contributed by atoms with Gasteiger partial charge in [-0.15, -0.1) is 0 Å². The second-order valence-corrected chi connectivity index (χ2v) is 7.15. The number of likely N-dealkylation sites (tertiary alicyclic amines) is 1. The van der Waals surface area contributed by atoms with Crippen LogP contribution in [0.25, 0.3) is 0 Å². The average molecular weight is 350 g/mol. The molecule has 0 aliphatic carbocycles. The molecule has 0 saturated carbocycles. The third-order valence-corrected chi connectivity index (χ3v) is 5.43. The largest absolute Gasteiger partial charge is 0.349 e. The molecule has 4 rings (SSSR count). The summed E-state index contributed by atoms with van der Waals surface area (Å²) in [5.41, 5.74) is 8.93. The van der Waals surface area contributed by atoms with Crippen molar-refractivity contribution in [3.63, 3.8) is 0 Å². The number of rotatable bonds is 4. The lowest BCUT2D eigenvalue weighted by Crippen LogP contribution is -2.51. The standard InChI is InChI=1S/C21H26N4O/c26-21(17-9-5-2-6-10-17)22-18-11-13-25(14-12-18)20-15-19(23-24-20)16-7-3-1-4-8-16/h1-10,18-20,23-24H,11-15H2,(H,22,26). The molecule has 26 heavy (non-hydrogen) atoms. The van der Waals surface area contributed by atoms with E-state index in [9.17, 15) is 4.79 Å². The normalized spacial score (nSPS) is 24.5. The molecule has 0 bridgehead atoms. The molecule has 2 aliphatic rings. The summed E-state index contributed by atoms with van der Waals surface area (Å²) in [5.74, 6) is 0.0360. The van der Waals surface area contributed by atoms with Gasteiger partial charge in [-0.25, -0.2) is 10.9 Å². The van der Waals surface area contributed by atoms with Gasteiger partial charge in [0, 0.05) is 30.7 Å². The molecule has 2 aromatic rings. The summed E-state index contributed by atoms with van der Waals surface area (Å²) in [6.07, 6.45) is 3.40. The summed E-state index contributed by atoms with van der Waals surface area (Å²) in [5, 5.41) is 3.18. The molecule has 3 N–H and O–H groups in total. The Kier molecular flexibility index (Phi) is 5.29. The van der Waals surface area contributed by atoms with Crippen molar-refractivity contribution < 1.29 is 4.79 Å². The van der Waals surface area contributed by atoms with Crippen LogP contribution < -0.4 is 16.2 Å². The van der Waals surface area contributed by atoms with Crippen LogP contribution in [0.3, 0.4) is 0 Å². The molecule has 0 spiro atoms. The lowest BCUT2D eigenvalue weighted by Gasteiger charge is -2.35. The van der Waals surface area contributed by atoms with Crippen LogP contribution in [0.5, 0.6) is 0 Å². The smallest absolute Gasteiger partial charge is 0.251 e. The number of hydrogen-bond donors (Lipinski definition) is 3. The first-order chi connectivity index (χ1) is 12.8. The fraction of sp³-hybridized carbons (Fsp3) is 0.381. The minimum atomic E-state index is 0.0360. The zero-order valence-corrected chi connectivity index (χ0v) is 14.9. The van der Waals surface area contributed by atoms with Crippen molar-refractivity contribution in [2.75, 3.05) is 13.1 Å². The molecular formula is C21H26N4O. The highest BCUT2D eigenvalue weighted by molar-refractivity contribution is 5.94. The van der Waals surface area contributed by atoms with Crippen molar-refractivity contribution in [2.24, 2.45) is 0 Å². The van der Waals surface area contributed by atoms with E-state index in [1.165, 1.54) is 5.56 Å². The molecule has 136 valence electrons. The molecule has 5 heteroatoms. The van der Waals surface area contributed by atoms with E-state index in [0.717, 1.165) is 37.9 Å². The molecule has 0 radical (unpaired) electrons. The van der Waals surface area contributed by atoms with Crippen LogP contribution in [-0.4, -0.2) is 36.1 Å². The highest BCUT2D eigenvalue weighted by Gasteiger charge is 2.32. The number of carbonyl (C=O) groups is 1. The number of nitrogens with one attached hydrogen (secondary N) is 3. The molecule has 1 amide bonds. The minimum absolute atomic E-state index is 0.0360. The molecule has 2 atom stereocenters. The molecule has 0 aromatic heterocycles. The van der Waals surface area contributed by atoms with Gasteiger partial charge in [-0.2, -0.15) is 0 Å². The fourth-order valence-electron chi connectivity index (χ4n) is 3.90. The quantitative estimate of drug-likeness (QED) is 0.793. The maximum absolute atomic E-state index is 12.3. The van der Waals surface area contributed by atoms with Gasteiger partial charge in [-0.1, -0.05) is 48.5 Å². The zero-order valence-electron chi connectivity index (χ0n) is 14.9. The summed E-state index contributed by atoms with van der Waals surface area (Å²) in [7, 11) is 0. The Morgan fingerprint density at radius 2 is 1.58 bits per heavy atom. The first kappa shape index (κ1) is 17.2. The van der Waals surface area contributed by atoms with Crippen LogP contribution in [0.2, 0.25) is 0 Å². The van der Waals surface area contributed by atoms with E-state index in [-0.39, 0.29) is 11.9 Å². The Morgan fingerprint density at radius 3 is 2.27 bits per heavy atom. The lowest BCUT2D eigenvalue weighted by atomic mass is 10.0. The zero-order chi connectivity index (χ0) is 17.8. The van der Waals surface area contributed by atoms with Gasteiger partial charge < -0.3 is 5.32 Å². The van der Waals surface area contributed by atoms with Gasteiger partial charge in [0.2, 0.25) is 0 Å². The van der Waals surface area contributed by atoms with Gasteiger partial charge in [-0.3, -0.25) is 9.69 Å². The SMILES string of the molecule is O=C(NC1CCN(C2CC(c3ccccc3)NN2)CC1)c1ccccc1. The molecule has 2 unspecified atom stereocenters. The second-order valence-electron chi connectivity index (χ2n) is 7.15. The van der Waals surface area contributed by atoms with Crippen molar-refractivity contribution in [2.45, 2.75) is 37.5 Å². The third kappa shape index (κ3) is 3.96. The Hall–Kier alpha value is -2.21. The van der Waals surface area contributed by atoms with E-state index in [1.54, 1.807) is 0 Å². The van der Waals surface area contributed by atoms with Crippen LogP contribution in [0.15, 0.2) is 60.7 Å². The number of benzene rings is 2. The fourth-order valence-corrected chi connectivity index (χ4v) is 3.90. The van der Waals surface area contributed by atoms with Crippen LogP contribution in [0.4, 0.5) is 0 Å². The van der Waals surface area contributed by atoms with Crippen molar-refractivity contribution in [1.82, 2.24) is 21.1 Å². The minimum Gasteiger partial charge on any atom is -0.349 e. The van der Waals surface area contributed by atoms with Crippen molar-refractivity contribution in [3.8, 4) is 0 Å². The first-order valence-corrected chi connectivity index (χ1v) is 9.45. The van der Waals surface area contributed by atoms with Crippen LogP contribution in [0, 0.1) is 0 Å². The summed E-state index contributed by atoms with van der Waals surface area (Å²) in [6.45, 7) is 2.00. The molecular weight excluding hydrogens is 324 g/mol. The third-order valence-electron chi connectivity index (χ3n) is 5.43. The van der Waals surface area contributed by atoms with Crippen LogP contribution in [0.1, 0.15) is 41.2 Å². The highest BCUT2D eigenvalue weighted by Crippen LogP contribution is 2.25. The topological polar surface area (TPSA) is 56.4 Å². The monoisotopic (exact) mass is 350 g/mol. The number of hydrazine groups is 1. The molecule has 2 fully saturated rings. The van der Waals surface area contributed by atoms with E-state index in [0.29, 0.717) is 12.2 Å². The van der Waals surface area contributed by atoms with E-state index < -0.39 is 0 Å². The predicted octanol–water partition coefficient (Wildman–Crippen LogP) is 2.45. The van der Waals surface area contributed by atoms with Gasteiger partial charge in [-0.05, 0) is 37.0 Å². The van der Waals surface area contributed by atoms with E-state index in [4.69, 9.17) is 0 Å². The van der Waals surface area contributed by atoms with Gasteiger partial charge >= 0.3 is 0 Å². The lowest BCUT2D eigenvalue weighted by molar-refractivity contribution is 0.0880. The molecule has 2 saturated heterocycles. The molecule has 5 nitrogen and oxygen atoms in total. The van der Waals surface area contributed by atoms with Gasteiger partial charge in [0.1, 0.15) is 0 Å². The Labute approximate surface area is 154 Å². The summed E-state index contributed by atoms with van der Waals surface area (Å²) in [4.78, 5) is 14.8. The van der Waals surface area contributed by atoms with Crippen molar-refractivity contribution in [1.29, 1.82) is 0 Å². The van der Waals surface area contributed by atoms with E-state index in [2.05, 4.69) is 51.4 Å². The number of amides is 1. The maximum atomic E-state index is 12.3. The highest BCUT2D eigenvalue weighted by atomic mass is 16.1. The van der Waals surface area contributed by atoms with Crippen molar-refractivity contribution >= 4 is 5.91 Å². The average Bonchev–Trinajstić information content (AvgIpc) is 3.20. The number of piperidine rings is 1. The number of hydrogen-bond acceptors (Lipinski definition) is 4. The summed E-state index contributed by atoms with van der Waals surface area (Å²) in [6, 6.07) is 20.7. The Morgan fingerprint density at radius 1 is 0.923 bits per heavy atom. The van der Waals surface area contributed by atoms with E-state index in [1.807, 2.05) is 30.3 Å². The van der Waals surface area contributed by atoms with Gasteiger partial charge in [0.25, 0.3) is 5.91 Å². The maximum Gasteiger partial charge on any atom is 0.251 e. The Balaban J connectivity index is 1.26. The van der Waals surface area contributed by atoms with Gasteiger partial charge in [0.05, 0.1) is 6.17 Å². The van der Waals surface area contributed by atoms with Crippen LogP contribution >= 0.6 is 0 Å². The van der Waals surface area contributed by atoms with Crippen molar-refractivity contribution in [3.05, 3.63) is 71.8 Å². The summed E-state index contributed by atoms with van der Waals surface area (Å²) < 4.78 is 0. The second kappa shape index (κ2) is 7.99. The van der Waals surface area contributed by atoms with E-state index >= 15 is 0 Å². The summed E-state index contributed by atoms with van der Waals surface area (Å²) >= 11 is 0.